The van der Waals surface area contributed by atoms with Crippen molar-refractivity contribution in [1.82, 2.24) is 9.88 Å². The molecule has 1 aliphatic rings. The van der Waals surface area contributed by atoms with Gasteiger partial charge in [0.25, 0.3) is 5.91 Å². The molecule has 2 unspecified atom stereocenters. The van der Waals surface area contributed by atoms with E-state index in [1.807, 2.05) is 0 Å². The van der Waals surface area contributed by atoms with E-state index < -0.39 is 24.0 Å². The van der Waals surface area contributed by atoms with Gasteiger partial charge in [-0.05, 0) is 12.1 Å². The van der Waals surface area contributed by atoms with Crippen LogP contribution in [0.1, 0.15) is 16.9 Å². The standard InChI is InChI=1S/C11H11ClN2O4/c12-6-1-2-13-8(3-6)10(16)14-5-7(15)4-9(14)11(17)18/h1-3,7,9,15H,4-5H2,(H,17,18). The largest absolute Gasteiger partial charge is 0.480 e. The molecule has 1 saturated heterocycles. The Bertz CT molecular complexity index is 494. The predicted octanol–water partition coefficient (Wildman–Crippen LogP) is 0.395. The smallest absolute Gasteiger partial charge is 0.326 e. The number of halogens is 1. The van der Waals surface area contributed by atoms with E-state index in [9.17, 15) is 14.7 Å². The first-order valence-corrected chi connectivity index (χ1v) is 5.70. The number of nitrogens with zero attached hydrogens (tertiary/aromatic N) is 2. The minimum absolute atomic E-state index is 0.00993. The molecule has 6 nitrogen and oxygen atoms in total. The van der Waals surface area contributed by atoms with Crippen molar-refractivity contribution < 1.29 is 19.8 Å². The number of hydrogen-bond acceptors (Lipinski definition) is 4. The predicted molar refractivity (Wildman–Crippen MR) is 62.3 cm³/mol. The number of likely N-dealkylation sites (tertiary alicyclic amines) is 1. The second kappa shape index (κ2) is 4.91. The molecule has 1 amide bonds. The van der Waals surface area contributed by atoms with Crippen molar-refractivity contribution in [3.8, 4) is 0 Å². The van der Waals surface area contributed by atoms with E-state index in [2.05, 4.69) is 4.98 Å². The molecular formula is C11H11ClN2O4. The molecule has 0 spiro atoms. The SMILES string of the molecule is O=C(O)C1CC(O)CN1C(=O)c1cc(Cl)ccn1. The number of aliphatic carboxylic acids is 1. The Morgan fingerprint density at radius 3 is 2.83 bits per heavy atom. The molecule has 0 radical (unpaired) electrons. The van der Waals surface area contributed by atoms with Crippen molar-refractivity contribution in [2.24, 2.45) is 0 Å². The monoisotopic (exact) mass is 270 g/mol. The van der Waals surface area contributed by atoms with Crippen LogP contribution in [0, 0.1) is 0 Å². The molecule has 2 heterocycles. The van der Waals surface area contributed by atoms with Gasteiger partial charge in [-0.15, -0.1) is 0 Å². The van der Waals surface area contributed by atoms with Crippen LogP contribution in [-0.2, 0) is 4.79 Å². The highest BCUT2D eigenvalue weighted by molar-refractivity contribution is 6.30. The molecule has 0 bridgehead atoms. The van der Waals surface area contributed by atoms with Gasteiger partial charge in [-0.1, -0.05) is 11.6 Å². The van der Waals surface area contributed by atoms with Crippen molar-refractivity contribution in [2.45, 2.75) is 18.6 Å². The zero-order chi connectivity index (χ0) is 13.3. The first kappa shape index (κ1) is 12.8. The van der Waals surface area contributed by atoms with Gasteiger partial charge in [-0.3, -0.25) is 9.78 Å². The fourth-order valence-electron chi connectivity index (χ4n) is 1.94. The van der Waals surface area contributed by atoms with Crippen LogP contribution in [0.2, 0.25) is 5.02 Å². The lowest BCUT2D eigenvalue weighted by molar-refractivity contribution is -0.141. The first-order chi connectivity index (χ1) is 8.49. The summed E-state index contributed by atoms with van der Waals surface area (Å²) in [6, 6.07) is 1.87. The number of pyridine rings is 1. The quantitative estimate of drug-likeness (QED) is 0.811. The number of carboxylic acids is 1. The number of carbonyl (C=O) groups excluding carboxylic acids is 1. The van der Waals surface area contributed by atoms with E-state index in [1.54, 1.807) is 0 Å². The molecular weight excluding hydrogens is 260 g/mol. The number of aliphatic hydroxyl groups excluding tert-OH is 1. The number of amides is 1. The van der Waals surface area contributed by atoms with Crippen molar-refractivity contribution in [3.05, 3.63) is 29.0 Å². The number of aliphatic hydroxyl groups is 1. The van der Waals surface area contributed by atoms with Crippen LogP contribution in [0.3, 0.4) is 0 Å². The summed E-state index contributed by atoms with van der Waals surface area (Å²) in [6.45, 7) is -0.00993. The normalized spacial score (nSPS) is 23.1. The summed E-state index contributed by atoms with van der Waals surface area (Å²) in [5.74, 6) is -1.68. The Hall–Kier alpha value is -1.66. The maximum atomic E-state index is 12.1. The molecule has 0 aromatic carbocycles. The van der Waals surface area contributed by atoms with Crippen LogP contribution in [0.15, 0.2) is 18.3 Å². The Morgan fingerprint density at radius 1 is 1.50 bits per heavy atom. The Kier molecular flexibility index (Phi) is 3.49. The molecule has 0 aliphatic carbocycles. The average Bonchev–Trinajstić information content (AvgIpc) is 2.70. The fourth-order valence-corrected chi connectivity index (χ4v) is 2.10. The molecule has 1 fully saturated rings. The summed E-state index contributed by atoms with van der Waals surface area (Å²) in [4.78, 5) is 28.1. The highest BCUT2D eigenvalue weighted by atomic mass is 35.5. The number of hydrogen-bond donors (Lipinski definition) is 2. The third-order valence-electron chi connectivity index (χ3n) is 2.77. The summed E-state index contributed by atoms with van der Waals surface area (Å²) < 4.78 is 0. The van der Waals surface area contributed by atoms with Crippen LogP contribution in [0.5, 0.6) is 0 Å². The van der Waals surface area contributed by atoms with E-state index in [1.165, 1.54) is 18.3 Å². The molecule has 2 N–H and O–H groups in total. The van der Waals surface area contributed by atoms with E-state index in [-0.39, 0.29) is 18.7 Å². The summed E-state index contributed by atoms with van der Waals surface area (Å²) in [7, 11) is 0. The maximum Gasteiger partial charge on any atom is 0.326 e. The molecule has 96 valence electrons. The van der Waals surface area contributed by atoms with Gasteiger partial charge in [-0.2, -0.15) is 0 Å². The van der Waals surface area contributed by atoms with E-state index in [4.69, 9.17) is 16.7 Å². The van der Waals surface area contributed by atoms with Crippen LogP contribution in [-0.4, -0.2) is 50.7 Å². The van der Waals surface area contributed by atoms with Gasteiger partial charge in [0.1, 0.15) is 11.7 Å². The van der Waals surface area contributed by atoms with Crippen molar-refractivity contribution in [3.63, 3.8) is 0 Å². The number of carboxylic acid groups (broad SMARTS) is 1. The molecule has 7 heteroatoms. The van der Waals surface area contributed by atoms with Crippen LogP contribution in [0.4, 0.5) is 0 Å². The van der Waals surface area contributed by atoms with Crippen molar-refractivity contribution in [2.75, 3.05) is 6.54 Å². The lowest BCUT2D eigenvalue weighted by atomic mass is 10.2. The lowest BCUT2D eigenvalue weighted by Crippen LogP contribution is -2.40. The molecule has 1 aliphatic heterocycles. The van der Waals surface area contributed by atoms with Crippen LogP contribution >= 0.6 is 11.6 Å². The Labute approximate surface area is 108 Å². The topological polar surface area (TPSA) is 90.7 Å². The summed E-state index contributed by atoms with van der Waals surface area (Å²) in [6.07, 6.45) is 0.577. The zero-order valence-corrected chi connectivity index (χ0v) is 10.0. The van der Waals surface area contributed by atoms with Gasteiger partial charge in [-0.25, -0.2) is 4.79 Å². The molecule has 1 aromatic heterocycles. The third-order valence-corrected chi connectivity index (χ3v) is 3.00. The van der Waals surface area contributed by atoms with Gasteiger partial charge < -0.3 is 15.1 Å². The summed E-state index contributed by atoms with van der Waals surface area (Å²) >= 11 is 5.75. The average molecular weight is 271 g/mol. The second-order valence-corrected chi connectivity index (χ2v) is 4.50. The Morgan fingerprint density at radius 2 is 2.22 bits per heavy atom. The minimum atomic E-state index is -1.14. The number of rotatable bonds is 2. The molecule has 2 atom stereocenters. The molecule has 2 rings (SSSR count). The highest BCUT2D eigenvalue weighted by Gasteiger charge is 2.39. The highest BCUT2D eigenvalue weighted by Crippen LogP contribution is 2.21. The minimum Gasteiger partial charge on any atom is -0.480 e. The van der Waals surface area contributed by atoms with Crippen molar-refractivity contribution >= 4 is 23.5 Å². The van der Waals surface area contributed by atoms with Gasteiger partial charge in [0, 0.05) is 24.2 Å². The van der Waals surface area contributed by atoms with Gasteiger partial charge in [0.15, 0.2) is 0 Å². The van der Waals surface area contributed by atoms with Crippen LogP contribution < -0.4 is 0 Å². The molecule has 1 aromatic rings. The second-order valence-electron chi connectivity index (χ2n) is 4.06. The Balaban J connectivity index is 2.25. The van der Waals surface area contributed by atoms with Gasteiger partial charge in [0.2, 0.25) is 0 Å². The summed E-state index contributed by atoms with van der Waals surface area (Å²) in [5.41, 5.74) is 0.0721. The first-order valence-electron chi connectivity index (χ1n) is 5.32. The third kappa shape index (κ3) is 2.44. The number of aromatic nitrogens is 1. The van der Waals surface area contributed by atoms with Crippen LogP contribution in [0.25, 0.3) is 0 Å². The number of β-amino-alcohol motifs (C(OH)–C–C–N with tert-alkyl or cyclic N) is 1. The maximum absolute atomic E-state index is 12.1. The zero-order valence-electron chi connectivity index (χ0n) is 9.28. The van der Waals surface area contributed by atoms with E-state index in [0.717, 1.165) is 4.90 Å². The van der Waals surface area contributed by atoms with Gasteiger partial charge >= 0.3 is 5.97 Å². The van der Waals surface area contributed by atoms with E-state index in [0.29, 0.717) is 5.02 Å². The van der Waals surface area contributed by atoms with E-state index >= 15 is 0 Å². The van der Waals surface area contributed by atoms with Gasteiger partial charge in [0.05, 0.1) is 6.10 Å². The van der Waals surface area contributed by atoms with Crippen molar-refractivity contribution in [1.29, 1.82) is 0 Å². The fraction of sp³-hybridized carbons (Fsp3) is 0.364. The molecule has 18 heavy (non-hydrogen) atoms. The summed E-state index contributed by atoms with van der Waals surface area (Å²) in [5, 5.41) is 18.8. The lowest BCUT2D eigenvalue weighted by Gasteiger charge is -2.20. The molecule has 0 saturated carbocycles. The number of carbonyl (C=O) groups is 2.